The Morgan fingerprint density at radius 2 is 2.10 bits per heavy atom. The van der Waals surface area contributed by atoms with E-state index in [1.54, 1.807) is 18.3 Å². The molecule has 0 aliphatic heterocycles. The molecule has 1 aromatic heterocycles. The van der Waals surface area contributed by atoms with Crippen LogP contribution < -0.4 is 10.3 Å². The first-order valence-electron chi connectivity index (χ1n) is 9.85. The molecule has 0 fully saturated rings. The Kier molecular flexibility index (Phi) is 6.22. The van der Waals surface area contributed by atoms with Crippen molar-refractivity contribution in [1.82, 2.24) is 4.98 Å². The maximum Gasteiger partial charge on any atom is 0.248 e. The lowest BCUT2D eigenvalue weighted by Crippen LogP contribution is -2.35. The molecule has 2 atom stereocenters. The molecular formula is C24H27ClN2O3. The average molecular weight is 427 g/mol. The number of phenols is 1. The van der Waals surface area contributed by atoms with E-state index in [1.165, 1.54) is 18.7 Å². The fourth-order valence-corrected chi connectivity index (χ4v) is 4.43. The number of aromatic hydroxyl groups is 1. The van der Waals surface area contributed by atoms with Crippen molar-refractivity contribution < 1.29 is 9.84 Å². The fraction of sp³-hybridized carbons (Fsp3) is 0.333. The number of hydrogen-bond acceptors (Lipinski definition) is 4. The number of aliphatic imine (C=N–C) groups is 1. The Balaban J connectivity index is 2.20. The number of pyridine rings is 1. The highest BCUT2D eigenvalue weighted by Gasteiger charge is 2.40. The van der Waals surface area contributed by atoms with E-state index < -0.39 is 5.54 Å². The molecule has 158 valence electrons. The van der Waals surface area contributed by atoms with Gasteiger partial charge in [0, 0.05) is 46.1 Å². The van der Waals surface area contributed by atoms with Crippen LogP contribution in [-0.4, -0.2) is 23.4 Å². The van der Waals surface area contributed by atoms with Gasteiger partial charge >= 0.3 is 0 Å². The van der Waals surface area contributed by atoms with Gasteiger partial charge in [0.25, 0.3) is 0 Å². The van der Waals surface area contributed by atoms with Crippen LogP contribution >= 0.6 is 11.6 Å². The lowest BCUT2D eigenvalue weighted by atomic mass is 9.70. The number of allylic oxidation sites excluding steroid dienone is 3. The SMILES string of the molecule is C/C=C1\C(C=C(C)C)Cc2[nH]c(=O)ccc2C1(C)N=Cc1cc(Cl)cc(OC)c1O. The molecule has 0 bridgehead atoms. The van der Waals surface area contributed by atoms with E-state index >= 15 is 0 Å². The topological polar surface area (TPSA) is 74.7 Å². The molecular weight excluding hydrogens is 400 g/mol. The van der Waals surface area contributed by atoms with Crippen LogP contribution in [-0.2, 0) is 12.0 Å². The zero-order valence-electron chi connectivity index (χ0n) is 17.9. The van der Waals surface area contributed by atoms with Crippen molar-refractivity contribution in [2.24, 2.45) is 10.9 Å². The van der Waals surface area contributed by atoms with Crippen molar-refractivity contribution in [2.45, 2.75) is 39.7 Å². The van der Waals surface area contributed by atoms with E-state index in [-0.39, 0.29) is 23.0 Å². The molecule has 2 aromatic rings. The van der Waals surface area contributed by atoms with Crippen LogP contribution in [0.3, 0.4) is 0 Å². The molecule has 2 unspecified atom stereocenters. The molecule has 1 aromatic carbocycles. The first-order chi connectivity index (χ1) is 14.2. The molecule has 2 N–H and O–H groups in total. The molecule has 1 heterocycles. The summed E-state index contributed by atoms with van der Waals surface area (Å²) in [6.45, 7) is 8.16. The van der Waals surface area contributed by atoms with Crippen LogP contribution in [0.5, 0.6) is 11.5 Å². The number of aromatic amines is 1. The van der Waals surface area contributed by atoms with Crippen molar-refractivity contribution in [3.8, 4) is 11.5 Å². The molecule has 0 radical (unpaired) electrons. The average Bonchev–Trinajstić information content (AvgIpc) is 2.67. The van der Waals surface area contributed by atoms with Gasteiger partial charge in [-0.2, -0.15) is 0 Å². The summed E-state index contributed by atoms with van der Waals surface area (Å²) in [5.41, 5.74) is 3.77. The molecule has 0 spiro atoms. The molecule has 0 saturated heterocycles. The van der Waals surface area contributed by atoms with Gasteiger partial charge in [0.2, 0.25) is 5.56 Å². The summed E-state index contributed by atoms with van der Waals surface area (Å²) < 4.78 is 5.20. The van der Waals surface area contributed by atoms with Gasteiger partial charge in [-0.05, 0) is 51.8 Å². The second-order valence-corrected chi connectivity index (χ2v) is 8.33. The number of halogens is 1. The van der Waals surface area contributed by atoms with E-state index in [4.69, 9.17) is 21.3 Å². The monoisotopic (exact) mass is 426 g/mol. The number of phenolic OH excluding ortho intramolecular Hbond substituents is 1. The molecule has 6 heteroatoms. The Morgan fingerprint density at radius 1 is 1.37 bits per heavy atom. The van der Waals surface area contributed by atoms with E-state index in [9.17, 15) is 9.90 Å². The Bertz CT molecular complexity index is 1110. The smallest absolute Gasteiger partial charge is 0.248 e. The molecule has 5 nitrogen and oxygen atoms in total. The van der Waals surface area contributed by atoms with Gasteiger partial charge in [0.05, 0.1) is 7.11 Å². The van der Waals surface area contributed by atoms with Gasteiger partial charge in [0.15, 0.2) is 11.5 Å². The van der Waals surface area contributed by atoms with Crippen molar-refractivity contribution in [2.75, 3.05) is 7.11 Å². The number of benzene rings is 1. The summed E-state index contributed by atoms with van der Waals surface area (Å²) in [6.07, 6.45) is 6.62. The lowest BCUT2D eigenvalue weighted by molar-refractivity contribution is 0.373. The van der Waals surface area contributed by atoms with Crippen LogP contribution in [0.25, 0.3) is 0 Å². The third-order valence-electron chi connectivity index (χ3n) is 5.51. The van der Waals surface area contributed by atoms with Gasteiger partial charge < -0.3 is 14.8 Å². The van der Waals surface area contributed by atoms with Crippen LogP contribution in [0.15, 0.2) is 57.4 Å². The van der Waals surface area contributed by atoms with Gasteiger partial charge in [0.1, 0.15) is 5.54 Å². The highest BCUT2D eigenvalue weighted by molar-refractivity contribution is 6.31. The molecule has 3 rings (SSSR count). The number of methoxy groups -OCH3 is 1. The number of rotatable bonds is 4. The predicted octanol–water partition coefficient (Wildman–Crippen LogP) is 5.16. The first kappa shape index (κ1) is 21.9. The Morgan fingerprint density at radius 3 is 2.73 bits per heavy atom. The van der Waals surface area contributed by atoms with Crippen LogP contribution in [0.2, 0.25) is 5.02 Å². The van der Waals surface area contributed by atoms with Crippen molar-refractivity contribution in [3.63, 3.8) is 0 Å². The number of nitrogens with one attached hydrogen (secondary N) is 1. The first-order valence-corrected chi connectivity index (χ1v) is 10.2. The third kappa shape index (κ3) is 4.08. The summed E-state index contributed by atoms with van der Waals surface area (Å²) in [4.78, 5) is 19.9. The summed E-state index contributed by atoms with van der Waals surface area (Å²) in [5, 5.41) is 10.9. The number of ether oxygens (including phenoxy) is 1. The van der Waals surface area contributed by atoms with Gasteiger partial charge in [-0.15, -0.1) is 0 Å². The molecule has 1 aliphatic carbocycles. The van der Waals surface area contributed by atoms with Crippen molar-refractivity contribution >= 4 is 17.8 Å². The Hall–Kier alpha value is -2.79. The third-order valence-corrected chi connectivity index (χ3v) is 5.73. The van der Waals surface area contributed by atoms with E-state index in [0.29, 0.717) is 17.0 Å². The van der Waals surface area contributed by atoms with Gasteiger partial charge in [-0.1, -0.05) is 29.3 Å². The molecule has 0 amide bonds. The maximum atomic E-state index is 12.0. The normalized spacial score (nSPS) is 22.2. The summed E-state index contributed by atoms with van der Waals surface area (Å²) in [5.74, 6) is 0.376. The van der Waals surface area contributed by atoms with E-state index in [1.807, 2.05) is 19.9 Å². The lowest BCUT2D eigenvalue weighted by Gasteiger charge is -2.39. The minimum absolute atomic E-state index is 0.0189. The van der Waals surface area contributed by atoms with Crippen LogP contribution in [0.1, 0.15) is 44.5 Å². The Labute approximate surface area is 181 Å². The second kappa shape index (κ2) is 8.52. The van der Waals surface area contributed by atoms with Crippen molar-refractivity contribution in [3.05, 3.63) is 79.8 Å². The number of nitrogens with zero attached hydrogens (tertiary/aromatic N) is 1. The minimum Gasteiger partial charge on any atom is -0.504 e. The number of H-pyrrole nitrogens is 1. The number of hydrogen-bond donors (Lipinski definition) is 2. The zero-order valence-corrected chi connectivity index (χ0v) is 18.7. The van der Waals surface area contributed by atoms with Crippen LogP contribution in [0, 0.1) is 5.92 Å². The highest BCUT2D eigenvalue weighted by Crippen LogP contribution is 2.45. The predicted molar refractivity (Wildman–Crippen MR) is 122 cm³/mol. The summed E-state index contributed by atoms with van der Waals surface area (Å²) >= 11 is 6.18. The van der Waals surface area contributed by atoms with E-state index in [0.717, 1.165) is 16.8 Å². The minimum atomic E-state index is -0.717. The molecule has 30 heavy (non-hydrogen) atoms. The maximum absolute atomic E-state index is 12.0. The fourth-order valence-electron chi connectivity index (χ4n) is 4.22. The van der Waals surface area contributed by atoms with Gasteiger partial charge in [-0.25, -0.2) is 0 Å². The van der Waals surface area contributed by atoms with Crippen molar-refractivity contribution in [1.29, 1.82) is 0 Å². The zero-order chi connectivity index (χ0) is 22.1. The molecule has 0 saturated carbocycles. The standard InChI is InChI=1S/C24H27ClN2O3/c1-6-18-15(9-14(2)3)11-20-19(7-8-22(28)27-20)24(18,4)26-13-16-10-17(25)12-21(30-5)23(16)29/h6-10,12-13,15,29H,11H2,1-5H3,(H,27,28)/b18-6+,26-13?. The summed E-state index contributed by atoms with van der Waals surface area (Å²) in [6, 6.07) is 6.57. The largest absolute Gasteiger partial charge is 0.504 e. The second-order valence-electron chi connectivity index (χ2n) is 7.89. The highest BCUT2D eigenvalue weighted by atomic mass is 35.5. The van der Waals surface area contributed by atoms with Crippen LogP contribution in [0.4, 0.5) is 0 Å². The number of fused-ring (bicyclic) bond motifs is 1. The van der Waals surface area contributed by atoms with E-state index in [2.05, 4.69) is 31.0 Å². The quantitative estimate of drug-likeness (QED) is 0.523. The molecule has 1 aliphatic rings. The summed E-state index contributed by atoms with van der Waals surface area (Å²) in [7, 11) is 1.48. The number of aromatic nitrogens is 1. The van der Waals surface area contributed by atoms with Gasteiger partial charge in [-0.3, -0.25) is 9.79 Å².